The molecule has 0 aliphatic heterocycles. The summed E-state index contributed by atoms with van der Waals surface area (Å²) in [6.07, 6.45) is -1.24. The van der Waals surface area contributed by atoms with Crippen LogP contribution >= 0.6 is 51.6 Å². The number of aromatic nitrogens is 3. The van der Waals surface area contributed by atoms with E-state index < -0.39 is 17.4 Å². The molecule has 2 aromatic heterocycles. The minimum atomic E-state index is -2.75. The quantitative estimate of drug-likeness (QED) is 0.224. The highest BCUT2D eigenvalue weighted by Crippen LogP contribution is 2.39. The van der Waals surface area contributed by atoms with E-state index in [1.165, 1.54) is 21.0 Å². The van der Waals surface area contributed by atoms with Crippen molar-refractivity contribution in [3.05, 3.63) is 40.3 Å². The first kappa shape index (κ1) is 21.9. The van der Waals surface area contributed by atoms with Crippen LogP contribution in [0.15, 0.2) is 24.3 Å². The zero-order chi connectivity index (χ0) is 20.6. The number of hydrogen-bond acceptors (Lipinski definition) is 4. The molecule has 150 valence electrons. The molecular weight excluding hydrogens is 565 g/mol. The van der Waals surface area contributed by atoms with Crippen molar-refractivity contribution in [3.8, 4) is 0 Å². The highest BCUT2D eigenvalue weighted by molar-refractivity contribution is 14.2. The van der Waals surface area contributed by atoms with E-state index in [2.05, 4.69) is 15.3 Å². The molecule has 6 nitrogen and oxygen atoms in total. The van der Waals surface area contributed by atoms with Gasteiger partial charge in [-0.05, 0) is 40.2 Å². The number of pyridine rings is 1. The maximum Gasteiger partial charge on any atom is 0.295 e. The van der Waals surface area contributed by atoms with Gasteiger partial charge in [0.1, 0.15) is 21.7 Å². The summed E-state index contributed by atoms with van der Waals surface area (Å²) in [6, 6.07) is 6.52. The van der Waals surface area contributed by atoms with Crippen LogP contribution in [0.1, 0.15) is 12.2 Å². The molecule has 0 radical (unpaired) electrons. The van der Waals surface area contributed by atoms with Gasteiger partial charge >= 0.3 is 0 Å². The molecule has 1 aromatic carbocycles. The van der Waals surface area contributed by atoms with E-state index in [0.717, 1.165) is 0 Å². The van der Waals surface area contributed by atoms with E-state index in [9.17, 15) is 13.0 Å². The third-order valence-corrected chi connectivity index (χ3v) is 7.30. The van der Waals surface area contributed by atoms with Crippen LogP contribution in [0.25, 0.3) is 11.2 Å². The van der Waals surface area contributed by atoms with Crippen molar-refractivity contribution in [2.75, 3.05) is 22.9 Å². The Morgan fingerprint density at radius 1 is 1.29 bits per heavy atom. The minimum Gasteiger partial charge on any atom is -0.352 e. The Balaban J connectivity index is 2.17. The Morgan fingerprint density at radius 3 is 2.61 bits per heavy atom. The molecule has 0 fully saturated rings. The lowest BCUT2D eigenvalue weighted by Crippen LogP contribution is -2.19. The number of anilines is 3. The fraction of sp³-hybridized carbons (Fsp3) is 0.200. The SMILES string of the molecule is CN(c1cc(Cl)ccc1Nc1cc(Cl)nc2c1nc(C(F)F)n2PI)S(C)=O. The predicted molar refractivity (Wildman–Crippen MR) is 122 cm³/mol. The number of halogens is 5. The average Bonchev–Trinajstić information content (AvgIpc) is 3.01. The lowest BCUT2D eigenvalue weighted by molar-refractivity contribution is 0.140. The zero-order valence-corrected chi connectivity index (χ0v) is 19.9. The van der Waals surface area contributed by atoms with Crippen molar-refractivity contribution in [3.63, 3.8) is 0 Å². The van der Waals surface area contributed by atoms with Crippen LogP contribution in [0.2, 0.25) is 10.2 Å². The molecule has 0 aliphatic carbocycles. The van der Waals surface area contributed by atoms with Crippen LogP contribution in [0.5, 0.6) is 0 Å². The van der Waals surface area contributed by atoms with Gasteiger partial charge in [0.25, 0.3) is 6.43 Å². The maximum absolute atomic E-state index is 13.4. The lowest BCUT2D eigenvalue weighted by atomic mass is 10.2. The maximum atomic E-state index is 13.4. The van der Waals surface area contributed by atoms with Crippen LogP contribution < -0.4 is 9.62 Å². The number of hydrogen-bond donors (Lipinski definition) is 1. The lowest BCUT2D eigenvalue weighted by Gasteiger charge is -2.20. The van der Waals surface area contributed by atoms with Crippen molar-refractivity contribution in [1.29, 1.82) is 0 Å². The first-order valence-corrected chi connectivity index (χ1v) is 13.9. The Bertz CT molecular complexity index is 1070. The van der Waals surface area contributed by atoms with Gasteiger partial charge in [-0.15, -0.1) is 0 Å². The van der Waals surface area contributed by atoms with E-state index in [-0.39, 0.29) is 28.5 Å². The molecule has 3 aromatic rings. The van der Waals surface area contributed by atoms with Gasteiger partial charge in [0.2, 0.25) is 0 Å². The topological polar surface area (TPSA) is 63.0 Å². The van der Waals surface area contributed by atoms with Gasteiger partial charge < -0.3 is 5.32 Å². The highest BCUT2D eigenvalue weighted by atomic mass is 127. The number of nitrogens with one attached hydrogen (secondary N) is 1. The molecule has 13 heteroatoms. The van der Waals surface area contributed by atoms with Crippen molar-refractivity contribution >= 4 is 90.8 Å². The third-order valence-electron chi connectivity index (χ3n) is 3.84. The third kappa shape index (κ3) is 4.35. The summed E-state index contributed by atoms with van der Waals surface area (Å²) in [5.41, 5.74) is 2.07. The molecule has 0 saturated heterocycles. The van der Waals surface area contributed by atoms with Crippen LogP contribution in [-0.2, 0) is 11.0 Å². The minimum absolute atomic E-state index is 0.0216. The summed E-state index contributed by atoms with van der Waals surface area (Å²) in [4.78, 5) is 8.25. The summed E-state index contributed by atoms with van der Waals surface area (Å²) in [5.74, 6) is -0.372. The Labute approximate surface area is 186 Å². The van der Waals surface area contributed by atoms with Crippen LogP contribution in [0.4, 0.5) is 25.8 Å². The Morgan fingerprint density at radius 2 is 2.00 bits per heavy atom. The van der Waals surface area contributed by atoms with Gasteiger partial charge in [-0.25, -0.2) is 23.0 Å². The van der Waals surface area contributed by atoms with Gasteiger partial charge in [-0.1, -0.05) is 23.2 Å². The van der Waals surface area contributed by atoms with Gasteiger partial charge in [0.15, 0.2) is 11.5 Å². The first-order chi connectivity index (χ1) is 13.2. The highest BCUT2D eigenvalue weighted by Gasteiger charge is 2.22. The number of fused-ring (bicyclic) bond motifs is 1. The molecule has 0 saturated carbocycles. The zero-order valence-electron chi connectivity index (χ0n) is 14.4. The molecular formula is C15H13Cl2F2IN5OPS. The summed E-state index contributed by atoms with van der Waals surface area (Å²) >= 11 is 14.2. The normalized spacial score (nSPS) is 13.0. The fourth-order valence-electron chi connectivity index (χ4n) is 2.51. The summed E-state index contributed by atoms with van der Waals surface area (Å²) < 4.78 is 41.6. The van der Waals surface area contributed by atoms with E-state index >= 15 is 0 Å². The van der Waals surface area contributed by atoms with Gasteiger partial charge in [-0.2, -0.15) is 0 Å². The summed E-state index contributed by atoms with van der Waals surface area (Å²) in [7, 11) is 0.357. The number of rotatable bonds is 6. The molecule has 2 heterocycles. The summed E-state index contributed by atoms with van der Waals surface area (Å²) in [5, 5.41) is 3.74. The van der Waals surface area contributed by atoms with Crippen LogP contribution in [0, 0.1) is 0 Å². The van der Waals surface area contributed by atoms with Crippen molar-refractivity contribution in [1.82, 2.24) is 14.3 Å². The van der Waals surface area contributed by atoms with Crippen LogP contribution in [-0.4, -0.2) is 31.8 Å². The fourth-order valence-corrected chi connectivity index (χ4v) is 5.19. The van der Waals surface area contributed by atoms with Crippen molar-refractivity contribution in [2.24, 2.45) is 0 Å². The molecule has 3 rings (SSSR count). The second-order valence-electron chi connectivity index (χ2n) is 5.56. The monoisotopic (exact) mass is 577 g/mol. The number of imidazole rings is 1. The largest absolute Gasteiger partial charge is 0.352 e. The van der Waals surface area contributed by atoms with Crippen molar-refractivity contribution in [2.45, 2.75) is 6.43 Å². The number of nitrogens with zero attached hydrogens (tertiary/aromatic N) is 4. The molecule has 0 aliphatic rings. The molecule has 2 unspecified atom stereocenters. The van der Waals surface area contributed by atoms with E-state index in [4.69, 9.17) is 23.2 Å². The number of benzene rings is 1. The van der Waals surface area contributed by atoms with Gasteiger partial charge in [-0.3, -0.25) is 8.64 Å². The average molecular weight is 578 g/mol. The van der Waals surface area contributed by atoms with E-state index in [1.54, 1.807) is 25.2 Å². The number of alkyl halides is 2. The molecule has 0 spiro atoms. The van der Waals surface area contributed by atoms with Gasteiger partial charge in [0, 0.05) is 24.4 Å². The van der Waals surface area contributed by atoms with E-state index in [0.29, 0.717) is 22.1 Å². The van der Waals surface area contributed by atoms with E-state index in [1.807, 2.05) is 22.0 Å². The second-order valence-corrected chi connectivity index (χ2v) is 9.85. The molecule has 28 heavy (non-hydrogen) atoms. The Hall–Kier alpha value is -0.810. The Kier molecular flexibility index (Phi) is 6.96. The molecule has 2 atom stereocenters. The molecule has 0 amide bonds. The smallest absolute Gasteiger partial charge is 0.295 e. The van der Waals surface area contributed by atoms with Crippen LogP contribution in [0.3, 0.4) is 0 Å². The predicted octanol–water partition coefficient (Wildman–Crippen LogP) is 5.94. The standard InChI is InChI=1S/C15H13Cl2F2IN5OPS/c1-24(28(2)26)10-5-7(16)3-4-8(10)21-9-6-11(17)22-14-12(9)23-15(13(18)19)25(14)27-20/h3-6,13,27H,1-2H3,(H,21,22). The summed E-state index contributed by atoms with van der Waals surface area (Å²) in [6.45, 7) is 0. The van der Waals surface area contributed by atoms with Gasteiger partial charge in [0.05, 0.1) is 23.4 Å². The first-order valence-electron chi connectivity index (χ1n) is 7.60. The molecule has 0 bridgehead atoms. The molecule has 1 N–H and O–H groups in total. The second kappa shape index (κ2) is 8.91. The van der Waals surface area contributed by atoms with Crippen molar-refractivity contribution < 1.29 is 13.0 Å².